The number of nitrogens with one attached hydrogen (secondary N) is 1. The van der Waals surface area contributed by atoms with Crippen LogP contribution in [0.3, 0.4) is 0 Å². The molecule has 0 fully saturated rings. The molecule has 2 unspecified atom stereocenters. The van der Waals surface area contributed by atoms with Crippen molar-refractivity contribution in [1.82, 2.24) is 5.32 Å². The minimum absolute atomic E-state index is 0.0389. The summed E-state index contributed by atoms with van der Waals surface area (Å²) in [6.07, 6.45) is 0.948. The first-order valence-corrected chi connectivity index (χ1v) is 5.88. The van der Waals surface area contributed by atoms with Crippen molar-refractivity contribution in [2.75, 3.05) is 6.61 Å². The topological polar surface area (TPSA) is 75.3 Å². The summed E-state index contributed by atoms with van der Waals surface area (Å²) in [5, 5.41) is 11.7. The van der Waals surface area contributed by atoms with Gasteiger partial charge in [-0.1, -0.05) is 37.3 Å². The third-order valence-electron chi connectivity index (χ3n) is 2.71. The lowest BCUT2D eigenvalue weighted by molar-refractivity contribution is -0.122. The molecule has 0 aliphatic heterocycles. The van der Waals surface area contributed by atoms with Crippen molar-refractivity contribution in [3.8, 4) is 0 Å². The number of aliphatic hydroxyl groups excluding tert-OH is 1. The highest BCUT2D eigenvalue weighted by atomic mass is 16.3. The Morgan fingerprint density at radius 1 is 1.41 bits per heavy atom. The van der Waals surface area contributed by atoms with Crippen LogP contribution in [0.15, 0.2) is 30.3 Å². The number of carbonyl (C=O) groups excluding carboxylic acids is 1. The Morgan fingerprint density at radius 3 is 2.59 bits per heavy atom. The maximum atomic E-state index is 11.7. The SMILES string of the molecule is CCC(CO)NC(=O)CC(N)c1ccccc1. The van der Waals surface area contributed by atoms with Crippen molar-refractivity contribution in [1.29, 1.82) is 0 Å². The largest absolute Gasteiger partial charge is 0.394 e. The Balaban J connectivity index is 2.46. The minimum Gasteiger partial charge on any atom is -0.394 e. The van der Waals surface area contributed by atoms with Crippen molar-refractivity contribution in [3.05, 3.63) is 35.9 Å². The third-order valence-corrected chi connectivity index (χ3v) is 2.71. The molecule has 0 aliphatic carbocycles. The van der Waals surface area contributed by atoms with Crippen LogP contribution in [0.2, 0.25) is 0 Å². The first-order valence-electron chi connectivity index (χ1n) is 5.88. The van der Waals surface area contributed by atoms with Crippen LogP contribution in [0.1, 0.15) is 31.4 Å². The molecule has 0 saturated carbocycles. The van der Waals surface area contributed by atoms with E-state index in [0.29, 0.717) is 6.42 Å². The van der Waals surface area contributed by atoms with Gasteiger partial charge in [0.15, 0.2) is 0 Å². The molecule has 94 valence electrons. The second kappa shape index (κ2) is 7.04. The van der Waals surface area contributed by atoms with Crippen LogP contribution < -0.4 is 11.1 Å². The van der Waals surface area contributed by atoms with E-state index in [-0.39, 0.29) is 31.0 Å². The van der Waals surface area contributed by atoms with Gasteiger partial charge in [-0.2, -0.15) is 0 Å². The quantitative estimate of drug-likeness (QED) is 0.688. The van der Waals surface area contributed by atoms with Gasteiger partial charge in [0, 0.05) is 12.5 Å². The normalized spacial score (nSPS) is 14.1. The van der Waals surface area contributed by atoms with Gasteiger partial charge in [-0.15, -0.1) is 0 Å². The molecule has 17 heavy (non-hydrogen) atoms. The van der Waals surface area contributed by atoms with Crippen LogP contribution in [-0.2, 0) is 4.79 Å². The van der Waals surface area contributed by atoms with Gasteiger partial charge in [0.25, 0.3) is 0 Å². The van der Waals surface area contributed by atoms with Gasteiger partial charge in [-0.05, 0) is 12.0 Å². The molecule has 1 amide bonds. The molecule has 2 atom stereocenters. The molecule has 1 aromatic rings. The summed E-state index contributed by atoms with van der Waals surface area (Å²) in [6.45, 7) is 1.88. The highest BCUT2D eigenvalue weighted by Crippen LogP contribution is 2.13. The van der Waals surface area contributed by atoms with E-state index in [4.69, 9.17) is 10.8 Å². The molecule has 0 saturated heterocycles. The molecule has 1 rings (SSSR count). The highest BCUT2D eigenvalue weighted by molar-refractivity contribution is 5.77. The predicted molar refractivity (Wildman–Crippen MR) is 67.3 cm³/mol. The van der Waals surface area contributed by atoms with Crippen molar-refractivity contribution >= 4 is 5.91 Å². The summed E-state index contributed by atoms with van der Waals surface area (Å²) in [5.74, 6) is -0.123. The van der Waals surface area contributed by atoms with Crippen molar-refractivity contribution in [2.24, 2.45) is 5.73 Å². The average molecular weight is 236 g/mol. The summed E-state index contributed by atoms with van der Waals surface area (Å²) >= 11 is 0. The van der Waals surface area contributed by atoms with Gasteiger partial charge >= 0.3 is 0 Å². The zero-order chi connectivity index (χ0) is 12.7. The van der Waals surface area contributed by atoms with E-state index in [1.165, 1.54) is 0 Å². The van der Waals surface area contributed by atoms with Gasteiger partial charge in [-0.25, -0.2) is 0 Å². The number of hydrogen-bond acceptors (Lipinski definition) is 3. The molecule has 4 heteroatoms. The first kappa shape index (κ1) is 13.7. The van der Waals surface area contributed by atoms with E-state index in [1.807, 2.05) is 37.3 Å². The summed E-state index contributed by atoms with van der Waals surface area (Å²) in [4.78, 5) is 11.7. The van der Waals surface area contributed by atoms with Gasteiger partial charge in [0.1, 0.15) is 0 Å². The Morgan fingerprint density at radius 2 is 2.06 bits per heavy atom. The third kappa shape index (κ3) is 4.54. The maximum absolute atomic E-state index is 11.7. The molecule has 0 bridgehead atoms. The number of nitrogens with two attached hydrogens (primary N) is 1. The Hall–Kier alpha value is -1.39. The van der Waals surface area contributed by atoms with Crippen LogP contribution in [0, 0.1) is 0 Å². The van der Waals surface area contributed by atoms with E-state index in [9.17, 15) is 4.79 Å². The average Bonchev–Trinajstić information content (AvgIpc) is 2.37. The lowest BCUT2D eigenvalue weighted by atomic mass is 10.0. The summed E-state index contributed by atoms with van der Waals surface area (Å²) in [6, 6.07) is 9.04. The Bertz CT molecular complexity index is 337. The molecule has 0 aromatic heterocycles. The Labute approximate surface area is 102 Å². The van der Waals surface area contributed by atoms with Gasteiger partial charge in [-0.3, -0.25) is 4.79 Å². The molecule has 1 aromatic carbocycles. The summed E-state index contributed by atoms with van der Waals surface area (Å²) in [5.41, 5.74) is 6.88. The Kier molecular flexibility index (Phi) is 5.66. The minimum atomic E-state index is -0.299. The van der Waals surface area contributed by atoms with Crippen LogP contribution in [0.4, 0.5) is 0 Å². The second-order valence-electron chi connectivity index (χ2n) is 4.08. The van der Waals surface area contributed by atoms with E-state index < -0.39 is 0 Å². The molecule has 0 heterocycles. The lowest BCUT2D eigenvalue weighted by Crippen LogP contribution is -2.38. The number of amides is 1. The highest BCUT2D eigenvalue weighted by Gasteiger charge is 2.14. The fourth-order valence-corrected chi connectivity index (χ4v) is 1.58. The van der Waals surface area contributed by atoms with E-state index in [1.54, 1.807) is 0 Å². The number of carbonyl (C=O) groups is 1. The fourth-order valence-electron chi connectivity index (χ4n) is 1.58. The van der Waals surface area contributed by atoms with E-state index >= 15 is 0 Å². The molecule has 4 nitrogen and oxygen atoms in total. The van der Waals surface area contributed by atoms with Gasteiger partial charge in [0.2, 0.25) is 5.91 Å². The fraction of sp³-hybridized carbons (Fsp3) is 0.462. The predicted octanol–water partition coefficient (Wildman–Crippen LogP) is 0.964. The van der Waals surface area contributed by atoms with Crippen LogP contribution in [0.5, 0.6) is 0 Å². The molecular weight excluding hydrogens is 216 g/mol. The van der Waals surface area contributed by atoms with Crippen LogP contribution >= 0.6 is 0 Å². The van der Waals surface area contributed by atoms with Crippen molar-refractivity contribution < 1.29 is 9.90 Å². The molecule has 4 N–H and O–H groups in total. The zero-order valence-corrected chi connectivity index (χ0v) is 10.1. The number of hydrogen-bond donors (Lipinski definition) is 3. The molecule has 0 radical (unpaired) electrons. The van der Waals surface area contributed by atoms with Crippen LogP contribution in [-0.4, -0.2) is 23.7 Å². The van der Waals surface area contributed by atoms with Gasteiger partial charge in [0.05, 0.1) is 12.6 Å². The number of benzene rings is 1. The van der Waals surface area contributed by atoms with Gasteiger partial charge < -0.3 is 16.2 Å². The van der Waals surface area contributed by atoms with Crippen molar-refractivity contribution in [3.63, 3.8) is 0 Å². The number of aliphatic hydroxyl groups is 1. The van der Waals surface area contributed by atoms with E-state index in [2.05, 4.69) is 5.32 Å². The number of rotatable bonds is 6. The lowest BCUT2D eigenvalue weighted by Gasteiger charge is -2.16. The zero-order valence-electron chi connectivity index (χ0n) is 10.1. The molecule has 0 aliphatic rings. The summed E-state index contributed by atoms with van der Waals surface area (Å²) < 4.78 is 0. The standard InChI is InChI=1S/C13H20N2O2/c1-2-11(9-16)15-13(17)8-12(14)10-6-4-3-5-7-10/h3-7,11-12,16H,2,8-9,14H2,1H3,(H,15,17). The summed E-state index contributed by atoms with van der Waals surface area (Å²) in [7, 11) is 0. The maximum Gasteiger partial charge on any atom is 0.222 e. The van der Waals surface area contributed by atoms with E-state index in [0.717, 1.165) is 5.56 Å². The first-order chi connectivity index (χ1) is 8.17. The van der Waals surface area contributed by atoms with Crippen molar-refractivity contribution in [2.45, 2.75) is 31.8 Å². The monoisotopic (exact) mass is 236 g/mol. The second-order valence-corrected chi connectivity index (χ2v) is 4.08. The smallest absolute Gasteiger partial charge is 0.222 e. The molecule has 0 spiro atoms. The van der Waals surface area contributed by atoms with Crippen LogP contribution in [0.25, 0.3) is 0 Å². The molecular formula is C13H20N2O2.